The molecule has 0 aliphatic carbocycles. The van der Waals surface area contributed by atoms with Crippen LogP contribution in [0.25, 0.3) is 0 Å². The molecule has 1 amide bonds. The van der Waals surface area contributed by atoms with Gasteiger partial charge in [0.1, 0.15) is 30.5 Å². The van der Waals surface area contributed by atoms with Gasteiger partial charge in [0.2, 0.25) is 23.5 Å². The summed E-state index contributed by atoms with van der Waals surface area (Å²) in [7, 11) is 3.11. The molecule has 2 aliphatic heterocycles. The smallest absolute Gasteiger partial charge is 0.410 e. The predicted molar refractivity (Wildman–Crippen MR) is 142 cm³/mol. The molecule has 2 aromatic heterocycles. The van der Waals surface area contributed by atoms with Gasteiger partial charge in [-0.25, -0.2) is 24.7 Å². The van der Waals surface area contributed by atoms with Crippen LogP contribution in [0.2, 0.25) is 0 Å². The van der Waals surface area contributed by atoms with Crippen LogP contribution in [-0.4, -0.2) is 88.1 Å². The van der Waals surface area contributed by atoms with Crippen molar-refractivity contribution in [3.63, 3.8) is 0 Å². The molecule has 2 aliphatic rings. The molecule has 2 aromatic rings. The van der Waals surface area contributed by atoms with Gasteiger partial charge in [-0.3, -0.25) is 0 Å². The topological polar surface area (TPSA) is 130 Å². The highest BCUT2D eigenvalue weighted by atomic mass is 35.5. The second-order valence-electron chi connectivity index (χ2n) is 10.0. The number of hydrogen-bond donors (Lipinski definition) is 1. The fourth-order valence-electron chi connectivity index (χ4n) is 3.96. The molecule has 0 bridgehead atoms. The molecule has 0 spiro atoms. The first-order valence-corrected chi connectivity index (χ1v) is 12.3. The highest BCUT2D eigenvalue weighted by molar-refractivity contribution is 5.85. The van der Waals surface area contributed by atoms with E-state index in [2.05, 4.69) is 32.2 Å². The van der Waals surface area contributed by atoms with Crippen LogP contribution >= 0.6 is 12.4 Å². The number of nitrogens with one attached hydrogen (secondary N) is 1. The van der Waals surface area contributed by atoms with E-state index in [-0.39, 0.29) is 36.8 Å². The lowest BCUT2D eigenvalue weighted by molar-refractivity contribution is 0.0223. The number of halogens is 1. The Morgan fingerprint density at radius 2 is 1.42 bits per heavy atom. The fourth-order valence-corrected chi connectivity index (χ4v) is 3.96. The highest BCUT2D eigenvalue weighted by Gasteiger charge is 2.36. The summed E-state index contributed by atoms with van der Waals surface area (Å²) in [6.45, 7) is 11.0. The van der Waals surface area contributed by atoms with Crippen molar-refractivity contribution in [2.45, 2.75) is 77.4 Å². The molecular formula is C25H39ClN6O6. The summed E-state index contributed by atoms with van der Waals surface area (Å²) in [5.41, 5.74) is -0.504. The van der Waals surface area contributed by atoms with Crippen molar-refractivity contribution in [2.24, 2.45) is 0 Å². The van der Waals surface area contributed by atoms with Crippen LogP contribution in [0, 0.1) is 0 Å². The Bertz CT molecular complexity index is 1030. The quantitative estimate of drug-likeness (QED) is 0.564. The second-order valence-corrected chi connectivity index (χ2v) is 10.0. The number of rotatable bonds is 6. The summed E-state index contributed by atoms with van der Waals surface area (Å²) >= 11 is 0. The molecular weight excluding hydrogens is 516 g/mol. The van der Waals surface area contributed by atoms with Crippen LogP contribution in [0.5, 0.6) is 23.5 Å². The van der Waals surface area contributed by atoms with Gasteiger partial charge in [-0.2, -0.15) is 0 Å². The largest absolute Gasteiger partial charge is 0.481 e. The van der Waals surface area contributed by atoms with Gasteiger partial charge in [-0.1, -0.05) is 0 Å². The Balaban J connectivity index is 0.000000277. The van der Waals surface area contributed by atoms with Gasteiger partial charge >= 0.3 is 6.09 Å². The number of carbonyl (C=O) groups excluding carboxylic acids is 1. The van der Waals surface area contributed by atoms with E-state index in [1.807, 2.05) is 27.7 Å². The van der Waals surface area contributed by atoms with E-state index in [0.717, 1.165) is 19.4 Å². The van der Waals surface area contributed by atoms with E-state index >= 15 is 0 Å². The summed E-state index contributed by atoms with van der Waals surface area (Å²) < 4.78 is 27.0. The van der Waals surface area contributed by atoms with E-state index in [0.29, 0.717) is 36.1 Å². The zero-order valence-corrected chi connectivity index (χ0v) is 23.9. The van der Waals surface area contributed by atoms with Crippen LogP contribution in [-0.2, 0) is 4.74 Å². The fraction of sp³-hybridized carbons (Fsp3) is 0.640. The van der Waals surface area contributed by atoms with Gasteiger partial charge in [0.05, 0.1) is 32.9 Å². The predicted octanol–water partition coefficient (Wildman–Crippen LogP) is 3.30. The zero-order chi connectivity index (χ0) is 27.0. The zero-order valence-electron chi connectivity index (χ0n) is 23.0. The third-order valence-corrected chi connectivity index (χ3v) is 5.70. The van der Waals surface area contributed by atoms with Crippen LogP contribution in [0.15, 0.2) is 24.8 Å². The summed E-state index contributed by atoms with van der Waals surface area (Å²) in [6.07, 6.45) is 4.32. The minimum atomic E-state index is -0.504. The third-order valence-electron chi connectivity index (χ3n) is 5.70. The van der Waals surface area contributed by atoms with Crippen molar-refractivity contribution in [3.8, 4) is 23.5 Å². The first-order chi connectivity index (χ1) is 17.6. The van der Waals surface area contributed by atoms with Gasteiger partial charge in [-0.15, -0.1) is 12.4 Å². The van der Waals surface area contributed by atoms with Crippen molar-refractivity contribution >= 4 is 18.5 Å². The van der Waals surface area contributed by atoms with Crippen molar-refractivity contribution in [3.05, 3.63) is 24.8 Å². The molecule has 212 valence electrons. The van der Waals surface area contributed by atoms with E-state index in [1.54, 1.807) is 24.1 Å². The van der Waals surface area contributed by atoms with Crippen molar-refractivity contribution < 1.29 is 28.5 Å². The summed E-state index contributed by atoms with van der Waals surface area (Å²) in [4.78, 5) is 29.8. The average Bonchev–Trinajstić information content (AvgIpc) is 3.43. The maximum atomic E-state index is 12.2. The number of nitrogens with zero attached hydrogens (tertiary/aromatic N) is 5. The molecule has 0 saturated carbocycles. The van der Waals surface area contributed by atoms with Crippen LogP contribution in [0.3, 0.4) is 0 Å². The third kappa shape index (κ3) is 9.64. The van der Waals surface area contributed by atoms with Crippen LogP contribution in [0.4, 0.5) is 4.79 Å². The minimum absolute atomic E-state index is 0. The number of aromatic nitrogens is 4. The summed E-state index contributed by atoms with van der Waals surface area (Å²) in [5, 5.41) is 3.32. The van der Waals surface area contributed by atoms with Crippen molar-refractivity contribution in [1.82, 2.24) is 30.2 Å². The monoisotopic (exact) mass is 554 g/mol. The summed E-state index contributed by atoms with van der Waals surface area (Å²) in [5.74, 6) is 1.98. The molecule has 38 heavy (non-hydrogen) atoms. The van der Waals surface area contributed by atoms with Gasteiger partial charge < -0.3 is 33.9 Å². The molecule has 4 heterocycles. The molecule has 1 N–H and O–H groups in total. The first-order valence-electron chi connectivity index (χ1n) is 12.3. The number of ether oxygens (including phenoxy) is 5. The van der Waals surface area contributed by atoms with E-state index in [1.165, 1.54) is 19.8 Å². The van der Waals surface area contributed by atoms with Crippen molar-refractivity contribution in [2.75, 3.05) is 27.3 Å². The molecule has 2 fully saturated rings. The second kappa shape index (κ2) is 14.1. The molecule has 4 rings (SSSR count). The highest BCUT2D eigenvalue weighted by Crippen LogP contribution is 2.25. The van der Waals surface area contributed by atoms with Crippen molar-refractivity contribution in [1.29, 1.82) is 0 Å². The molecule has 0 unspecified atom stereocenters. The average molecular weight is 555 g/mol. The Morgan fingerprint density at radius 3 is 1.89 bits per heavy atom. The van der Waals surface area contributed by atoms with Gasteiger partial charge in [0, 0.05) is 31.5 Å². The van der Waals surface area contributed by atoms with Crippen LogP contribution < -0.4 is 24.3 Å². The molecule has 2 saturated heterocycles. The molecule has 0 aromatic carbocycles. The number of carbonyl (C=O) groups is 1. The number of amides is 1. The lowest BCUT2D eigenvalue weighted by atomic mass is 10.2. The standard InChI is InChI=1S/C15H23N3O4.C10H15N3O2.ClH/c1-10-6-11(8-18(10)14(19)22-15(2,3)4)21-13-7-12(20-5)16-9-17-13;1-7-3-8(5-11-7)15-10-4-9(14-2)12-6-13-10;/h7,9-11H,6,8H2,1-5H3;4,6-8,11H,3,5H2,1-2H3;1H/t10-,11+;7-,8+;/m00./s1. The Morgan fingerprint density at radius 1 is 0.895 bits per heavy atom. The number of likely N-dealkylation sites (tertiary alicyclic amines) is 1. The first kappa shape index (κ1) is 31.1. The lowest BCUT2D eigenvalue weighted by Gasteiger charge is -2.26. The Hall–Kier alpha value is -3.12. The lowest BCUT2D eigenvalue weighted by Crippen LogP contribution is -2.39. The molecule has 0 radical (unpaired) electrons. The molecule has 4 atom stereocenters. The number of methoxy groups -OCH3 is 2. The number of hydrogen-bond acceptors (Lipinski definition) is 11. The van der Waals surface area contributed by atoms with E-state index in [4.69, 9.17) is 23.7 Å². The van der Waals surface area contributed by atoms with E-state index < -0.39 is 5.60 Å². The minimum Gasteiger partial charge on any atom is -0.481 e. The molecule has 12 nitrogen and oxygen atoms in total. The summed E-state index contributed by atoms with van der Waals surface area (Å²) in [6, 6.07) is 3.89. The van der Waals surface area contributed by atoms with Gasteiger partial charge in [-0.05, 0) is 34.6 Å². The maximum absolute atomic E-state index is 12.2. The SMILES string of the molecule is COc1cc(O[C@@H]2C[C@H](C)N(C(=O)OC(C)(C)C)C2)ncn1.COc1cc(O[C@H]2CN[C@@H](C)C2)ncn1.Cl. The normalized spacial score (nSPS) is 22.4. The van der Waals surface area contributed by atoms with Gasteiger partial charge in [0.15, 0.2) is 0 Å². The van der Waals surface area contributed by atoms with Crippen LogP contribution in [0.1, 0.15) is 47.5 Å². The Labute approximate surface area is 230 Å². The Kier molecular flexibility index (Phi) is 11.6. The van der Waals surface area contributed by atoms with E-state index in [9.17, 15) is 4.79 Å². The van der Waals surface area contributed by atoms with Gasteiger partial charge in [0.25, 0.3) is 0 Å². The maximum Gasteiger partial charge on any atom is 0.410 e. The molecule has 13 heteroatoms.